The van der Waals surface area contributed by atoms with Crippen LogP contribution in [0, 0.1) is 0 Å². The smallest absolute Gasteiger partial charge is 0.0425 e. The minimum Gasteiger partial charge on any atom is -0.329 e. The van der Waals surface area contributed by atoms with Crippen molar-refractivity contribution in [3.05, 3.63) is 60.2 Å². The van der Waals surface area contributed by atoms with Crippen LogP contribution in [-0.4, -0.2) is 6.54 Å². The second kappa shape index (κ2) is 5.15. The third-order valence-electron chi connectivity index (χ3n) is 4.22. The first-order valence-electron chi connectivity index (χ1n) is 6.91. The van der Waals surface area contributed by atoms with Crippen LogP contribution in [-0.2, 0) is 0 Å². The van der Waals surface area contributed by atoms with Crippen LogP contribution in [0.15, 0.2) is 54.6 Å². The van der Waals surface area contributed by atoms with Crippen molar-refractivity contribution in [3.63, 3.8) is 0 Å². The van der Waals surface area contributed by atoms with Crippen LogP contribution in [0.4, 0.5) is 0 Å². The monoisotopic (exact) mass is 296 g/mol. The van der Waals surface area contributed by atoms with E-state index in [9.17, 15) is 0 Å². The highest BCUT2D eigenvalue weighted by atomic mass is 35.5. The van der Waals surface area contributed by atoms with E-state index in [-0.39, 0.29) is 18.4 Å². The Bertz CT molecular complexity index is 901. The molecule has 0 aromatic heterocycles. The second-order valence-corrected chi connectivity index (χ2v) is 5.35. The van der Waals surface area contributed by atoms with Gasteiger partial charge in [0.1, 0.15) is 0 Å². The maximum absolute atomic E-state index is 6.17. The highest BCUT2D eigenvalue weighted by Gasteiger charge is 2.13. The maximum atomic E-state index is 6.17. The fourth-order valence-corrected chi connectivity index (χ4v) is 3.21. The molecule has 0 bridgehead atoms. The van der Waals surface area contributed by atoms with Crippen molar-refractivity contribution in [1.82, 2.24) is 0 Å². The van der Waals surface area contributed by atoms with Gasteiger partial charge in [0.2, 0.25) is 0 Å². The van der Waals surface area contributed by atoms with Crippen LogP contribution in [0.1, 0.15) is 11.6 Å². The summed E-state index contributed by atoms with van der Waals surface area (Å²) in [6.45, 7) is 0.462. The van der Waals surface area contributed by atoms with Gasteiger partial charge < -0.3 is 11.5 Å². The van der Waals surface area contributed by atoms with Gasteiger partial charge in [-0.25, -0.2) is 0 Å². The molecule has 0 saturated carbocycles. The van der Waals surface area contributed by atoms with Crippen LogP contribution in [0.5, 0.6) is 0 Å². The van der Waals surface area contributed by atoms with Gasteiger partial charge in [-0.2, -0.15) is 0 Å². The van der Waals surface area contributed by atoms with Crippen LogP contribution >= 0.6 is 12.4 Å². The lowest BCUT2D eigenvalue weighted by Crippen LogP contribution is -2.20. The van der Waals surface area contributed by atoms with E-state index in [2.05, 4.69) is 54.6 Å². The Labute approximate surface area is 129 Å². The van der Waals surface area contributed by atoms with Gasteiger partial charge in [-0.3, -0.25) is 0 Å². The summed E-state index contributed by atoms with van der Waals surface area (Å²) in [7, 11) is 0. The average molecular weight is 297 g/mol. The van der Waals surface area contributed by atoms with Crippen LogP contribution < -0.4 is 11.5 Å². The van der Waals surface area contributed by atoms with Crippen molar-refractivity contribution < 1.29 is 0 Å². The normalized spacial score (nSPS) is 12.9. The molecule has 0 spiro atoms. The zero-order valence-electron chi connectivity index (χ0n) is 11.5. The lowest BCUT2D eigenvalue weighted by atomic mass is 9.90. The predicted molar refractivity (Wildman–Crippen MR) is 93.4 cm³/mol. The molecule has 4 aromatic rings. The van der Waals surface area contributed by atoms with E-state index >= 15 is 0 Å². The van der Waals surface area contributed by atoms with Gasteiger partial charge in [0, 0.05) is 12.6 Å². The van der Waals surface area contributed by atoms with Crippen LogP contribution in [0.25, 0.3) is 32.3 Å². The van der Waals surface area contributed by atoms with Crippen molar-refractivity contribution in [3.8, 4) is 0 Å². The van der Waals surface area contributed by atoms with Crippen molar-refractivity contribution in [1.29, 1.82) is 0 Å². The van der Waals surface area contributed by atoms with Crippen LogP contribution in [0.3, 0.4) is 0 Å². The number of nitrogens with two attached hydrogens (primary N) is 2. The summed E-state index contributed by atoms with van der Waals surface area (Å²) >= 11 is 0. The van der Waals surface area contributed by atoms with E-state index in [0.29, 0.717) is 6.54 Å². The van der Waals surface area contributed by atoms with E-state index < -0.39 is 0 Å². The van der Waals surface area contributed by atoms with Gasteiger partial charge in [0.25, 0.3) is 0 Å². The lowest BCUT2D eigenvalue weighted by Gasteiger charge is -2.16. The number of hydrogen-bond acceptors (Lipinski definition) is 2. The summed E-state index contributed by atoms with van der Waals surface area (Å²) < 4.78 is 0. The highest BCUT2D eigenvalue weighted by Crippen LogP contribution is 2.36. The summed E-state index contributed by atoms with van der Waals surface area (Å²) in [6.07, 6.45) is 0. The summed E-state index contributed by atoms with van der Waals surface area (Å²) in [5, 5.41) is 7.68. The number of rotatable bonds is 2. The largest absolute Gasteiger partial charge is 0.329 e. The Morgan fingerprint density at radius 2 is 1.33 bits per heavy atom. The van der Waals surface area contributed by atoms with Gasteiger partial charge in [0.05, 0.1) is 0 Å². The molecule has 4 aromatic carbocycles. The molecular formula is C18H17ClN2. The number of halogens is 1. The number of benzene rings is 4. The first-order chi connectivity index (χ1) is 9.79. The van der Waals surface area contributed by atoms with Crippen LogP contribution in [0.2, 0.25) is 0 Å². The molecular weight excluding hydrogens is 280 g/mol. The summed E-state index contributed by atoms with van der Waals surface area (Å²) in [5.74, 6) is 0. The van der Waals surface area contributed by atoms with Gasteiger partial charge >= 0.3 is 0 Å². The third kappa shape index (κ3) is 1.95. The Hall–Kier alpha value is -1.87. The van der Waals surface area contributed by atoms with E-state index in [1.165, 1.54) is 32.3 Å². The van der Waals surface area contributed by atoms with Crippen molar-refractivity contribution >= 4 is 44.7 Å². The Kier molecular flexibility index (Phi) is 3.46. The van der Waals surface area contributed by atoms with E-state index in [1.807, 2.05) is 0 Å². The third-order valence-corrected chi connectivity index (χ3v) is 4.22. The quantitative estimate of drug-likeness (QED) is 0.550. The molecule has 106 valence electrons. The molecule has 0 fully saturated rings. The molecule has 21 heavy (non-hydrogen) atoms. The molecule has 0 aliphatic heterocycles. The molecule has 4 N–H and O–H groups in total. The molecule has 0 aliphatic rings. The minimum atomic E-state index is -0.112. The molecule has 0 aliphatic carbocycles. The van der Waals surface area contributed by atoms with Gasteiger partial charge in [-0.1, -0.05) is 54.6 Å². The molecule has 3 heteroatoms. The average Bonchev–Trinajstić information content (AvgIpc) is 2.51. The molecule has 4 rings (SSSR count). The Balaban J connectivity index is 0.00000132. The van der Waals surface area contributed by atoms with Crippen molar-refractivity contribution in [2.45, 2.75) is 6.04 Å². The lowest BCUT2D eigenvalue weighted by molar-refractivity contribution is 0.743. The van der Waals surface area contributed by atoms with Gasteiger partial charge in [0.15, 0.2) is 0 Å². The molecule has 0 saturated heterocycles. The fraction of sp³-hybridized carbons (Fsp3) is 0.111. The van der Waals surface area contributed by atoms with E-state index in [0.717, 1.165) is 5.56 Å². The second-order valence-electron chi connectivity index (χ2n) is 5.35. The Morgan fingerprint density at radius 1 is 0.762 bits per heavy atom. The molecule has 0 amide bonds. The fourth-order valence-electron chi connectivity index (χ4n) is 3.21. The van der Waals surface area contributed by atoms with Crippen molar-refractivity contribution in [2.75, 3.05) is 6.54 Å². The molecule has 2 nitrogen and oxygen atoms in total. The van der Waals surface area contributed by atoms with E-state index in [4.69, 9.17) is 11.5 Å². The SMILES string of the molecule is Cl.NCC(N)c1ccc2ccc3cccc4ccc1c2c34. The predicted octanol–water partition coefficient (Wildman–Crippen LogP) is 3.96. The molecule has 0 heterocycles. The molecule has 1 atom stereocenters. The standard InChI is InChI=1S/C18H16N2.ClH/c19-10-16(20)14-8-6-13-5-4-11-2-1-3-12-7-9-15(14)18(13)17(11)12;/h1-9,16H,10,19-20H2;1H. The van der Waals surface area contributed by atoms with E-state index in [1.54, 1.807) is 0 Å². The first kappa shape index (κ1) is 14.1. The summed E-state index contributed by atoms with van der Waals surface area (Å²) in [5.41, 5.74) is 13.1. The van der Waals surface area contributed by atoms with Crippen molar-refractivity contribution in [2.24, 2.45) is 11.5 Å². The minimum absolute atomic E-state index is 0. The molecule has 1 unspecified atom stereocenters. The highest BCUT2D eigenvalue weighted by molar-refractivity contribution is 6.23. The zero-order chi connectivity index (χ0) is 13.7. The topological polar surface area (TPSA) is 52.0 Å². The first-order valence-corrected chi connectivity index (χ1v) is 6.91. The Morgan fingerprint density at radius 3 is 2.00 bits per heavy atom. The number of hydrogen-bond donors (Lipinski definition) is 2. The van der Waals surface area contributed by atoms with Gasteiger partial charge in [-0.05, 0) is 37.9 Å². The summed E-state index contributed by atoms with van der Waals surface area (Å²) in [4.78, 5) is 0. The molecule has 0 radical (unpaired) electrons. The summed E-state index contributed by atoms with van der Waals surface area (Å²) in [6, 6.07) is 19.3. The maximum Gasteiger partial charge on any atom is 0.0425 e. The van der Waals surface area contributed by atoms with Gasteiger partial charge in [-0.15, -0.1) is 12.4 Å². The zero-order valence-corrected chi connectivity index (χ0v) is 12.4.